The van der Waals surface area contributed by atoms with Gasteiger partial charge >= 0.3 is 30.7 Å². The minimum Gasteiger partial charge on any atom is -0.457 e. The van der Waals surface area contributed by atoms with Crippen LogP contribution in [-0.4, -0.2) is 25.4 Å². The lowest BCUT2D eigenvalue weighted by Crippen LogP contribution is -2.27. The van der Waals surface area contributed by atoms with Gasteiger partial charge < -0.3 is 19.5 Å². The normalized spacial score (nSPS) is 16.5. The summed E-state index contributed by atoms with van der Waals surface area (Å²) >= 11 is 5.85. The van der Waals surface area contributed by atoms with E-state index in [4.69, 9.17) is 21.1 Å². The molecule has 0 unspecified atom stereocenters. The van der Waals surface area contributed by atoms with Gasteiger partial charge in [-0.3, -0.25) is 4.90 Å². The molecule has 2 saturated heterocycles. The zero-order chi connectivity index (χ0) is 42.3. The monoisotopic (exact) mass is 836 g/mol. The Balaban J connectivity index is 0.000000191. The number of carbonyl (C=O) groups is 2. The van der Waals surface area contributed by atoms with E-state index in [-0.39, 0.29) is 13.2 Å². The topological polar surface area (TPSA) is 77.1 Å². The standard InChI is InChI=1S/C22H15ClF3NO3.C10H8F3NO2.C9H7F3/c23-16-4-8-18(9-5-16)30-19-10-6-17(7-11-19)27-20(13-29-21(27)28)14-2-1-3-15(12-14)22(24,25)26;11-10(12,13)7-3-1-2-6(4-7)8-5-16-9(15)14-8;1-2-7-4-3-5-8(6-7)9(10,11)12/h1-12,20H,13H2;1-4,8H,5H2,(H,14,15);2-6H,1H2/t20-;8-;/m11./s1. The molecule has 2 aliphatic heterocycles. The van der Waals surface area contributed by atoms with Crippen molar-refractivity contribution in [3.8, 4) is 11.5 Å². The number of amides is 2. The summed E-state index contributed by atoms with van der Waals surface area (Å²) in [6.45, 7) is 3.40. The van der Waals surface area contributed by atoms with Crippen LogP contribution in [0.25, 0.3) is 6.08 Å². The summed E-state index contributed by atoms with van der Waals surface area (Å²) < 4.78 is 128. The first-order valence-corrected chi connectivity index (χ1v) is 17.3. The molecule has 58 heavy (non-hydrogen) atoms. The third-order valence-corrected chi connectivity index (χ3v) is 8.63. The summed E-state index contributed by atoms with van der Waals surface area (Å²) in [6, 6.07) is 27.1. The van der Waals surface area contributed by atoms with E-state index >= 15 is 0 Å². The Labute approximate surface area is 330 Å². The van der Waals surface area contributed by atoms with Crippen molar-refractivity contribution in [3.63, 3.8) is 0 Å². The average molecular weight is 837 g/mol. The minimum atomic E-state index is -4.47. The summed E-state index contributed by atoms with van der Waals surface area (Å²) in [5, 5.41) is 3.01. The Morgan fingerprint density at radius 2 is 1.16 bits per heavy atom. The number of carbonyl (C=O) groups excluding carboxylic acids is 2. The fraction of sp³-hybridized carbons (Fsp3) is 0.171. The molecule has 0 radical (unpaired) electrons. The van der Waals surface area contributed by atoms with Crippen LogP contribution in [0, 0.1) is 0 Å². The lowest BCUT2D eigenvalue weighted by molar-refractivity contribution is -0.138. The lowest BCUT2D eigenvalue weighted by atomic mass is 10.0. The highest BCUT2D eigenvalue weighted by Gasteiger charge is 2.38. The third-order valence-electron chi connectivity index (χ3n) is 8.38. The van der Waals surface area contributed by atoms with Gasteiger partial charge in [-0.2, -0.15) is 39.5 Å². The number of hydrogen-bond acceptors (Lipinski definition) is 5. The van der Waals surface area contributed by atoms with Crippen molar-refractivity contribution in [3.05, 3.63) is 166 Å². The predicted molar refractivity (Wildman–Crippen MR) is 196 cm³/mol. The highest BCUT2D eigenvalue weighted by atomic mass is 35.5. The molecule has 2 aliphatic rings. The van der Waals surface area contributed by atoms with Gasteiger partial charge in [-0.05, 0) is 102 Å². The van der Waals surface area contributed by atoms with Gasteiger partial charge in [0, 0.05) is 10.7 Å². The van der Waals surface area contributed by atoms with Crippen molar-refractivity contribution in [2.45, 2.75) is 30.6 Å². The molecule has 7 rings (SSSR count). The van der Waals surface area contributed by atoms with Crippen LogP contribution in [0.4, 0.5) is 54.8 Å². The van der Waals surface area contributed by atoms with E-state index in [1.54, 1.807) is 60.7 Å². The molecule has 0 aromatic heterocycles. The molecule has 5 aromatic carbocycles. The second-order valence-corrected chi connectivity index (χ2v) is 12.8. The van der Waals surface area contributed by atoms with E-state index in [0.29, 0.717) is 38.9 Å². The Kier molecular flexibility index (Phi) is 13.3. The van der Waals surface area contributed by atoms with Gasteiger partial charge in [0.1, 0.15) is 24.7 Å². The Bertz CT molecular complexity index is 2210. The molecule has 2 fully saturated rings. The fourth-order valence-electron chi connectivity index (χ4n) is 5.53. The number of alkyl carbamates (subject to hydrolysis) is 1. The molecule has 2 heterocycles. The summed E-state index contributed by atoms with van der Waals surface area (Å²) in [5.41, 5.74) is -0.442. The average Bonchev–Trinajstić information content (AvgIpc) is 3.81. The molecule has 0 spiro atoms. The molecule has 7 nitrogen and oxygen atoms in total. The maximum absolute atomic E-state index is 13.1. The van der Waals surface area contributed by atoms with E-state index in [9.17, 15) is 49.1 Å². The van der Waals surface area contributed by atoms with E-state index in [0.717, 1.165) is 36.4 Å². The molecule has 0 aliphatic carbocycles. The molecule has 304 valence electrons. The van der Waals surface area contributed by atoms with Gasteiger partial charge in [0.15, 0.2) is 0 Å². The van der Waals surface area contributed by atoms with Crippen molar-refractivity contribution in [1.29, 1.82) is 0 Å². The number of ether oxygens (including phenoxy) is 3. The molecule has 2 atom stereocenters. The Morgan fingerprint density at radius 1 is 0.655 bits per heavy atom. The minimum absolute atomic E-state index is 0.0385. The SMILES string of the molecule is C=Cc1cccc(C(F)(F)F)c1.O=C1N[C@@H](c2cccc(C(F)(F)F)c2)CO1.O=C1OC[C@H](c2cccc(C(F)(F)F)c2)N1c1ccc(Oc2ccc(Cl)cc2)cc1. The maximum Gasteiger partial charge on any atom is 0.416 e. The Hall–Kier alpha value is -6.16. The summed E-state index contributed by atoms with van der Waals surface area (Å²) in [4.78, 5) is 24.4. The van der Waals surface area contributed by atoms with Crippen LogP contribution in [0.2, 0.25) is 5.02 Å². The maximum atomic E-state index is 13.1. The van der Waals surface area contributed by atoms with Crippen LogP contribution >= 0.6 is 11.6 Å². The predicted octanol–water partition coefficient (Wildman–Crippen LogP) is 12.7. The number of alkyl halides is 9. The number of nitrogens with zero attached hydrogens (tertiary/aromatic N) is 1. The van der Waals surface area contributed by atoms with Crippen LogP contribution in [0.15, 0.2) is 128 Å². The van der Waals surface area contributed by atoms with Crippen molar-refractivity contribution >= 4 is 35.6 Å². The second kappa shape index (κ2) is 18.0. The molecular formula is C41H30ClF9N2O5. The van der Waals surface area contributed by atoms with Gasteiger partial charge in [-0.25, -0.2) is 9.59 Å². The highest BCUT2D eigenvalue weighted by Crippen LogP contribution is 2.38. The van der Waals surface area contributed by atoms with Crippen molar-refractivity contribution in [2.75, 3.05) is 18.1 Å². The molecule has 1 N–H and O–H groups in total. The molecule has 0 saturated carbocycles. The van der Waals surface area contributed by atoms with E-state index in [1.165, 1.54) is 35.2 Å². The number of benzene rings is 5. The van der Waals surface area contributed by atoms with Gasteiger partial charge in [0.25, 0.3) is 0 Å². The summed E-state index contributed by atoms with van der Waals surface area (Å²) in [6.07, 6.45) is -13.0. The van der Waals surface area contributed by atoms with Crippen LogP contribution in [0.1, 0.15) is 45.5 Å². The largest absolute Gasteiger partial charge is 0.457 e. The van der Waals surface area contributed by atoms with Crippen molar-refractivity contribution in [1.82, 2.24) is 5.32 Å². The van der Waals surface area contributed by atoms with E-state index < -0.39 is 59.5 Å². The van der Waals surface area contributed by atoms with Crippen LogP contribution in [0.5, 0.6) is 11.5 Å². The molecule has 0 bridgehead atoms. The first-order valence-electron chi connectivity index (χ1n) is 16.9. The van der Waals surface area contributed by atoms with Gasteiger partial charge in [-0.15, -0.1) is 0 Å². The number of hydrogen-bond donors (Lipinski definition) is 1. The second-order valence-electron chi connectivity index (χ2n) is 12.4. The smallest absolute Gasteiger partial charge is 0.416 e. The zero-order valence-corrected chi connectivity index (χ0v) is 30.4. The van der Waals surface area contributed by atoms with Crippen LogP contribution in [-0.2, 0) is 28.0 Å². The van der Waals surface area contributed by atoms with E-state index in [1.807, 2.05) is 0 Å². The van der Waals surface area contributed by atoms with Gasteiger partial charge in [-0.1, -0.05) is 60.7 Å². The molecule has 5 aromatic rings. The Morgan fingerprint density at radius 3 is 1.67 bits per heavy atom. The molecule has 2 amide bonds. The van der Waals surface area contributed by atoms with Crippen LogP contribution < -0.4 is 15.0 Å². The summed E-state index contributed by atoms with van der Waals surface area (Å²) in [7, 11) is 0. The third kappa shape index (κ3) is 11.5. The highest BCUT2D eigenvalue weighted by molar-refractivity contribution is 6.30. The number of halogens is 10. The quantitative estimate of drug-likeness (QED) is 0.172. The number of anilines is 1. The van der Waals surface area contributed by atoms with E-state index in [2.05, 4.69) is 16.6 Å². The fourth-order valence-corrected chi connectivity index (χ4v) is 5.65. The van der Waals surface area contributed by atoms with Crippen LogP contribution in [0.3, 0.4) is 0 Å². The number of rotatable bonds is 6. The number of cyclic esters (lactones) is 2. The molecular weight excluding hydrogens is 807 g/mol. The molecule has 17 heteroatoms. The van der Waals surface area contributed by atoms with Crippen molar-refractivity contribution in [2.24, 2.45) is 0 Å². The zero-order valence-electron chi connectivity index (χ0n) is 29.7. The van der Waals surface area contributed by atoms with Gasteiger partial charge in [0.2, 0.25) is 0 Å². The first-order chi connectivity index (χ1) is 27.3. The van der Waals surface area contributed by atoms with Crippen molar-refractivity contribution < 1.29 is 63.3 Å². The summed E-state index contributed by atoms with van der Waals surface area (Å²) in [5.74, 6) is 1.12. The van der Waals surface area contributed by atoms with Gasteiger partial charge in [0.05, 0.1) is 28.8 Å². The number of nitrogens with one attached hydrogen (secondary N) is 1. The first kappa shape index (κ1) is 43.0. The lowest BCUT2D eigenvalue weighted by Gasteiger charge is -2.22.